The standard InChI is InChI=1S/C20H25N3O5S2/c1-15-4-6-16(7-5-15)19(22(2)3)14-21-30(27,28)18-10-8-17(9-11-18)23-20(24)12-13-29(23,25)26/h4-11,19,21H,12-14H2,1-3H3/t19-/m1/s1. The second-order valence-corrected chi connectivity index (χ2v) is 11.2. The number of carbonyl (C=O) groups excluding carboxylic acids is 1. The van der Waals surface area contributed by atoms with Crippen molar-refractivity contribution in [2.24, 2.45) is 0 Å². The Morgan fingerprint density at radius 2 is 1.67 bits per heavy atom. The first kappa shape index (κ1) is 22.4. The molecule has 2 aromatic carbocycles. The van der Waals surface area contributed by atoms with Gasteiger partial charge in [0.1, 0.15) is 0 Å². The van der Waals surface area contributed by atoms with Crippen LogP contribution in [0.5, 0.6) is 0 Å². The first-order valence-corrected chi connectivity index (χ1v) is 12.5. The predicted octanol–water partition coefficient (Wildman–Crippen LogP) is 1.64. The van der Waals surface area contributed by atoms with Crippen LogP contribution < -0.4 is 9.03 Å². The fourth-order valence-electron chi connectivity index (χ4n) is 3.29. The maximum absolute atomic E-state index is 12.7. The Labute approximate surface area is 177 Å². The molecule has 30 heavy (non-hydrogen) atoms. The molecule has 0 bridgehead atoms. The molecule has 1 amide bonds. The van der Waals surface area contributed by atoms with Crippen molar-refractivity contribution in [2.45, 2.75) is 24.3 Å². The van der Waals surface area contributed by atoms with E-state index < -0.39 is 26.0 Å². The van der Waals surface area contributed by atoms with Crippen LogP contribution in [0.2, 0.25) is 0 Å². The molecule has 8 nitrogen and oxygen atoms in total. The Morgan fingerprint density at radius 1 is 1.07 bits per heavy atom. The van der Waals surface area contributed by atoms with Crippen LogP contribution in [0, 0.1) is 6.92 Å². The first-order valence-electron chi connectivity index (χ1n) is 9.40. The molecular weight excluding hydrogens is 426 g/mol. The Hall–Kier alpha value is -2.27. The third-order valence-corrected chi connectivity index (χ3v) is 8.14. The van der Waals surface area contributed by atoms with Crippen LogP contribution in [0.3, 0.4) is 0 Å². The van der Waals surface area contributed by atoms with E-state index in [-0.39, 0.29) is 35.3 Å². The van der Waals surface area contributed by atoms with E-state index in [1.165, 1.54) is 24.3 Å². The zero-order chi connectivity index (χ0) is 22.1. The van der Waals surface area contributed by atoms with E-state index >= 15 is 0 Å². The van der Waals surface area contributed by atoms with Gasteiger partial charge >= 0.3 is 0 Å². The van der Waals surface area contributed by atoms with Crippen molar-refractivity contribution in [3.63, 3.8) is 0 Å². The average molecular weight is 452 g/mol. The Kier molecular flexibility index (Phi) is 6.32. The van der Waals surface area contributed by atoms with Gasteiger partial charge in [-0.3, -0.25) is 4.79 Å². The van der Waals surface area contributed by atoms with Crippen molar-refractivity contribution in [3.05, 3.63) is 59.7 Å². The topological polar surface area (TPSA) is 104 Å². The number of nitrogens with one attached hydrogen (secondary N) is 1. The molecule has 10 heteroatoms. The molecule has 0 aliphatic carbocycles. The van der Waals surface area contributed by atoms with Crippen molar-refractivity contribution in [1.29, 1.82) is 0 Å². The fraction of sp³-hybridized carbons (Fsp3) is 0.350. The van der Waals surface area contributed by atoms with Crippen LogP contribution in [-0.2, 0) is 24.8 Å². The molecule has 1 aliphatic heterocycles. The lowest BCUT2D eigenvalue weighted by Crippen LogP contribution is -2.34. The number of likely N-dealkylation sites (N-methyl/N-ethyl adjacent to an activating group) is 1. The molecule has 1 saturated heterocycles. The quantitative estimate of drug-likeness (QED) is 0.686. The van der Waals surface area contributed by atoms with Gasteiger partial charge in [0.2, 0.25) is 26.0 Å². The molecule has 3 rings (SSSR count). The molecule has 2 aromatic rings. The maximum Gasteiger partial charge on any atom is 0.242 e. The highest BCUT2D eigenvalue weighted by Crippen LogP contribution is 2.26. The maximum atomic E-state index is 12.7. The number of sulfonamides is 2. The molecule has 162 valence electrons. The van der Waals surface area contributed by atoms with Crippen LogP contribution in [0.15, 0.2) is 53.4 Å². The summed E-state index contributed by atoms with van der Waals surface area (Å²) >= 11 is 0. The summed E-state index contributed by atoms with van der Waals surface area (Å²) in [5.41, 5.74) is 2.25. The molecule has 0 radical (unpaired) electrons. The molecule has 0 unspecified atom stereocenters. The summed E-state index contributed by atoms with van der Waals surface area (Å²) in [6, 6.07) is 13.0. The average Bonchev–Trinajstić information content (AvgIpc) is 2.95. The molecule has 1 aliphatic rings. The normalized spacial score (nSPS) is 17.5. The van der Waals surface area contributed by atoms with Crippen molar-refractivity contribution in [1.82, 2.24) is 9.62 Å². The van der Waals surface area contributed by atoms with E-state index in [0.29, 0.717) is 0 Å². The summed E-state index contributed by atoms with van der Waals surface area (Å²) in [6.45, 7) is 2.15. The molecule has 0 saturated carbocycles. The number of anilines is 1. The smallest absolute Gasteiger partial charge is 0.242 e. The van der Waals surface area contributed by atoms with Crippen LogP contribution in [0.25, 0.3) is 0 Å². The minimum atomic E-state index is -3.82. The Balaban J connectivity index is 1.76. The van der Waals surface area contributed by atoms with Gasteiger partial charge in [0.25, 0.3) is 0 Å². The summed E-state index contributed by atoms with van der Waals surface area (Å²) in [5, 5.41) is 0. The van der Waals surface area contributed by atoms with Crippen molar-refractivity contribution >= 4 is 31.6 Å². The minimum Gasteiger partial charge on any atom is -0.301 e. The van der Waals surface area contributed by atoms with E-state index in [9.17, 15) is 21.6 Å². The lowest BCUT2D eigenvalue weighted by molar-refractivity contribution is -0.116. The summed E-state index contributed by atoms with van der Waals surface area (Å²) in [5.74, 6) is -0.756. The highest BCUT2D eigenvalue weighted by atomic mass is 32.2. The highest BCUT2D eigenvalue weighted by Gasteiger charge is 2.36. The third kappa shape index (κ3) is 4.72. The number of carbonyl (C=O) groups is 1. The number of rotatable bonds is 7. The molecule has 1 heterocycles. The van der Waals surface area contributed by atoms with Crippen molar-refractivity contribution in [3.8, 4) is 0 Å². The monoisotopic (exact) mass is 451 g/mol. The zero-order valence-corrected chi connectivity index (χ0v) is 18.7. The number of aryl methyl sites for hydroxylation is 1. The van der Waals surface area contributed by atoms with Gasteiger partial charge in [0.15, 0.2) is 0 Å². The lowest BCUT2D eigenvalue weighted by atomic mass is 10.0. The zero-order valence-electron chi connectivity index (χ0n) is 17.1. The van der Waals surface area contributed by atoms with Gasteiger partial charge < -0.3 is 4.90 Å². The fourth-order valence-corrected chi connectivity index (χ4v) is 5.79. The Bertz CT molecular complexity index is 1130. The van der Waals surface area contributed by atoms with Gasteiger partial charge in [0.05, 0.1) is 16.3 Å². The van der Waals surface area contributed by atoms with Gasteiger partial charge in [-0.15, -0.1) is 0 Å². The summed E-state index contributed by atoms with van der Waals surface area (Å²) < 4.78 is 52.9. The second-order valence-electron chi connectivity index (χ2n) is 7.46. The summed E-state index contributed by atoms with van der Waals surface area (Å²) in [7, 11) is -3.75. The highest BCUT2D eigenvalue weighted by molar-refractivity contribution is 7.94. The SMILES string of the molecule is Cc1ccc([C@@H](CNS(=O)(=O)c2ccc(N3C(=O)CCS3(=O)=O)cc2)N(C)C)cc1. The molecule has 1 fully saturated rings. The second kappa shape index (κ2) is 8.46. The minimum absolute atomic E-state index is 0.00305. The molecular formula is C20H25N3O5S2. The van der Waals surface area contributed by atoms with E-state index in [4.69, 9.17) is 0 Å². The number of amides is 1. The number of hydrogen-bond donors (Lipinski definition) is 1. The van der Waals surface area contributed by atoms with Crippen LogP contribution >= 0.6 is 0 Å². The summed E-state index contributed by atoms with van der Waals surface area (Å²) in [4.78, 5) is 13.8. The predicted molar refractivity (Wildman–Crippen MR) is 115 cm³/mol. The third-order valence-electron chi connectivity index (χ3n) is 5.01. The van der Waals surface area contributed by atoms with Gasteiger partial charge in [0, 0.05) is 19.0 Å². The van der Waals surface area contributed by atoms with Crippen LogP contribution in [-0.4, -0.2) is 54.0 Å². The molecule has 0 aromatic heterocycles. The number of benzene rings is 2. The molecule has 1 N–H and O–H groups in total. The van der Waals surface area contributed by atoms with Crippen LogP contribution in [0.1, 0.15) is 23.6 Å². The van der Waals surface area contributed by atoms with E-state index in [0.717, 1.165) is 15.4 Å². The number of nitrogens with zero attached hydrogens (tertiary/aromatic N) is 2. The van der Waals surface area contributed by atoms with Gasteiger partial charge in [-0.25, -0.2) is 25.9 Å². The van der Waals surface area contributed by atoms with Crippen LogP contribution in [0.4, 0.5) is 5.69 Å². The van der Waals surface area contributed by atoms with E-state index in [1.54, 1.807) is 0 Å². The van der Waals surface area contributed by atoms with E-state index in [2.05, 4.69) is 4.72 Å². The summed E-state index contributed by atoms with van der Waals surface area (Å²) in [6.07, 6.45) is -0.0745. The van der Waals surface area contributed by atoms with Gasteiger partial charge in [-0.2, -0.15) is 0 Å². The molecule has 1 atom stereocenters. The van der Waals surface area contributed by atoms with Crippen molar-refractivity contribution < 1.29 is 21.6 Å². The van der Waals surface area contributed by atoms with E-state index in [1.807, 2.05) is 50.2 Å². The first-order chi connectivity index (χ1) is 14.0. The largest absolute Gasteiger partial charge is 0.301 e. The Morgan fingerprint density at radius 3 is 2.17 bits per heavy atom. The lowest BCUT2D eigenvalue weighted by Gasteiger charge is -2.25. The van der Waals surface area contributed by atoms with Crippen molar-refractivity contribution in [2.75, 3.05) is 30.7 Å². The van der Waals surface area contributed by atoms with Gasteiger partial charge in [-0.05, 0) is 50.8 Å². The number of hydrogen-bond acceptors (Lipinski definition) is 6. The molecule has 0 spiro atoms. The van der Waals surface area contributed by atoms with Gasteiger partial charge in [-0.1, -0.05) is 29.8 Å².